The Labute approximate surface area is 75.2 Å². The molecule has 0 N–H and O–H groups in total. The van der Waals surface area contributed by atoms with Gasteiger partial charge in [0.2, 0.25) is 0 Å². The Morgan fingerprint density at radius 2 is 2.25 bits per heavy atom. The lowest BCUT2D eigenvalue weighted by molar-refractivity contribution is -0.159. The Morgan fingerprint density at radius 1 is 1.58 bits per heavy atom. The first-order chi connectivity index (χ1) is 5.61. The summed E-state index contributed by atoms with van der Waals surface area (Å²) in [5.41, 5.74) is 0. The molecule has 2 nitrogen and oxygen atoms in total. The second-order valence-electron chi connectivity index (χ2n) is 3.53. The van der Waals surface area contributed by atoms with Gasteiger partial charge in [0.1, 0.15) is 0 Å². The zero-order valence-electron chi connectivity index (χ0n) is 8.17. The van der Waals surface area contributed by atoms with E-state index in [0.29, 0.717) is 6.61 Å². The summed E-state index contributed by atoms with van der Waals surface area (Å²) in [6.45, 7) is 12.6. The normalized spacial score (nSPS) is 38.5. The summed E-state index contributed by atoms with van der Waals surface area (Å²) in [6.07, 6.45) is 1.90. The molecule has 2 radical (unpaired) electrons. The molecule has 1 heterocycles. The predicted molar refractivity (Wildman–Crippen MR) is 47.6 cm³/mol. The Morgan fingerprint density at radius 3 is 2.67 bits per heavy atom. The maximum absolute atomic E-state index is 5.85. The minimum Gasteiger partial charge on any atom is -0.348 e. The van der Waals surface area contributed by atoms with Gasteiger partial charge in [-0.05, 0) is 26.2 Å². The molecule has 0 saturated carbocycles. The molecule has 0 aromatic heterocycles. The molecule has 0 amide bonds. The van der Waals surface area contributed by atoms with Crippen molar-refractivity contribution in [3.63, 3.8) is 0 Å². The maximum atomic E-state index is 5.85. The summed E-state index contributed by atoms with van der Waals surface area (Å²) in [4.78, 5) is 0. The average molecular weight is 170 g/mol. The Bertz CT molecular complexity index is 147. The third-order valence-electron chi connectivity index (χ3n) is 2.54. The van der Waals surface area contributed by atoms with Crippen LogP contribution in [0.4, 0.5) is 0 Å². The van der Waals surface area contributed by atoms with E-state index in [1.54, 1.807) is 0 Å². The summed E-state index contributed by atoms with van der Waals surface area (Å²) >= 11 is 0. The van der Waals surface area contributed by atoms with Crippen molar-refractivity contribution >= 4 is 0 Å². The van der Waals surface area contributed by atoms with Crippen LogP contribution >= 0.6 is 0 Å². The van der Waals surface area contributed by atoms with Crippen LogP contribution in [0, 0.1) is 12.8 Å². The fourth-order valence-corrected chi connectivity index (χ4v) is 1.31. The first-order valence-electron chi connectivity index (χ1n) is 4.68. The lowest BCUT2D eigenvalue weighted by Gasteiger charge is -2.22. The van der Waals surface area contributed by atoms with E-state index in [1.807, 2.05) is 6.92 Å². The molecule has 0 aliphatic carbocycles. The van der Waals surface area contributed by atoms with E-state index in [0.717, 1.165) is 12.8 Å². The van der Waals surface area contributed by atoms with Crippen molar-refractivity contribution in [2.75, 3.05) is 6.61 Å². The first-order valence-corrected chi connectivity index (χ1v) is 4.68. The smallest absolute Gasteiger partial charge is 0.165 e. The highest BCUT2D eigenvalue weighted by atomic mass is 16.7. The van der Waals surface area contributed by atoms with E-state index in [2.05, 4.69) is 13.8 Å². The van der Waals surface area contributed by atoms with E-state index in [1.165, 1.54) is 0 Å². The van der Waals surface area contributed by atoms with E-state index >= 15 is 0 Å². The fraction of sp³-hybridized carbons (Fsp3) is 0.900. The van der Waals surface area contributed by atoms with Gasteiger partial charge in [-0.15, -0.1) is 0 Å². The summed E-state index contributed by atoms with van der Waals surface area (Å²) < 4.78 is 11.2. The topological polar surface area (TPSA) is 18.5 Å². The van der Waals surface area contributed by atoms with Crippen LogP contribution in [-0.4, -0.2) is 18.5 Å². The molecule has 3 atom stereocenters. The molecule has 12 heavy (non-hydrogen) atoms. The third-order valence-corrected chi connectivity index (χ3v) is 2.54. The van der Waals surface area contributed by atoms with Crippen LogP contribution in [0.1, 0.15) is 33.6 Å². The molecular formula is C10H18O2. The van der Waals surface area contributed by atoms with E-state index in [4.69, 9.17) is 16.4 Å². The average Bonchev–Trinajstić information content (AvgIpc) is 2.48. The van der Waals surface area contributed by atoms with Crippen molar-refractivity contribution < 1.29 is 9.47 Å². The molecule has 0 spiro atoms. The molecule has 0 aromatic carbocycles. The van der Waals surface area contributed by atoms with Crippen molar-refractivity contribution in [1.29, 1.82) is 0 Å². The van der Waals surface area contributed by atoms with Crippen LogP contribution in [0.2, 0.25) is 0 Å². The van der Waals surface area contributed by atoms with Gasteiger partial charge in [-0.1, -0.05) is 20.3 Å². The van der Waals surface area contributed by atoms with Crippen LogP contribution in [0.3, 0.4) is 0 Å². The molecule has 1 saturated heterocycles. The van der Waals surface area contributed by atoms with Crippen LogP contribution in [0.25, 0.3) is 0 Å². The van der Waals surface area contributed by atoms with Crippen molar-refractivity contribution in [3.8, 4) is 0 Å². The third kappa shape index (κ3) is 1.99. The number of hydrogen-bond donors (Lipinski definition) is 0. The van der Waals surface area contributed by atoms with Crippen LogP contribution < -0.4 is 0 Å². The van der Waals surface area contributed by atoms with E-state index in [9.17, 15) is 0 Å². The van der Waals surface area contributed by atoms with Gasteiger partial charge in [0.25, 0.3) is 0 Å². The van der Waals surface area contributed by atoms with Crippen molar-refractivity contribution in [2.45, 2.75) is 45.5 Å². The molecule has 70 valence electrons. The summed E-state index contributed by atoms with van der Waals surface area (Å²) in [7, 11) is 0. The summed E-state index contributed by atoms with van der Waals surface area (Å²) in [5.74, 6) is -0.282. The zero-order chi connectivity index (χ0) is 9.19. The van der Waals surface area contributed by atoms with Crippen LogP contribution in [0.5, 0.6) is 0 Å². The second kappa shape index (κ2) is 3.75. The number of hydrogen-bond acceptors (Lipinski definition) is 2. The molecule has 3 unspecified atom stereocenters. The molecule has 1 aliphatic heterocycles. The molecule has 1 fully saturated rings. The van der Waals surface area contributed by atoms with Crippen LogP contribution in [-0.2, 0) is 9.47 Å². The Kier molecular flexibility index (Phi) is 3.13. The molecule has 2 heteroatoms. The number of ether oxygens (including phenoxy) is 2. The molecule has 1 rings (SSSR count). The van der Waals surface area contributed by atoms with Gasteiger partial charge in [-0.3, -0.25) is 0 Å². The fourth-order valence-electron chi connectivity index (χ4n) is 1.31. The van der Waals surface area contributed by atoms with Crippen molar-refractivity contribution in [1.82, 2.24) is 0 Å². The van der Waals surface area contributed by atoms with Crippen molar-refractivity contribution in [3.05, 3.63) is 6.92 Å². The highest BCUT2D eigenvalue weighted by Gasteiger charge is 2.37. The van der Waals surface area contributed by atoms with Gasteiger partial charge in [-0.25, -0.2) is 0 Å². The highest BCUT2D eigenvalue weighted by Crippen LogP contribution is 2.30. The van der Waals surface area contributed by atoms with Gasteiger partial charge >= 0.3 is 0 Å². The second-order valence-corrected chi connectivity index (χ2v) is 3.53. The minimum absolute atomic E-state index is 0.0833. The monoisotopic (exact) mass is 170 g/mol. The molecule has 1 aliphatic rings. The van der Waals surface area contributed by atoms with Gasteiger partial charge in [0, 0.05) is 0 Å². The molecule has 0 bridgehead atoms. The largest absolute Gasteiger partial charge is 0.348 e. The maximum Gasteiger partial charge on any atom is 0.165 e. The molecule has 0 aromatic rings. The van der Waals surface area contributed by atoms with Gasteiger partial charge in [0.05, 0.1) is 12.7 Å². The standard InChI is InChI=1S/C10H18O2/c1-5-8(3)9-7-11-10(4,6-2)12-9/h3,8-9H,5-7H2,1-2,4H3. The van der Waals surface area contributed by atoms with E-state index < -0.39 is 5.79 Å². The summed E-state index contributed by atoms with van der Waals surface area (Å²) in [5, 5.41) is 0. The quantitative estimate of drug-likeness (QED) is 0.647. The zero-order valence-corrected chi connectivity index (χ0v) is 8.17. The Hall–Kier alpha value is -0.0800. The van der Waals surface area contributed by atoms with Gasteiger partial charge in [0.15, 0.2) is 5.79 Å². The van der Waals surface area contributed by atoms with E-state index in [-0.39, 0.29) is 12.0 Å². The summed E-state index contributed by atoms with van der Waals surface area (Å²) in [6, 6.07) is 0. The molecular weight excluding hydrogens is 152 g/mol. The van der Waals surface area contributed by atoms with Crippen molar-refractivity contribution in [2.24, 2.45) is 5.92 Å². The predicted octanol–water partition coefficient (Wildman–Crippen LogP) is 2.27. The van der Waals surface area contributed by atoms with Gasteiger partial charge in [-0.2, -0.15) is 0 Å². The van der Waals surface area contributed by atoms with Gasteiger partial charge < -0.3 is 9.47 Å². The van der Waals surface area contributed by atoms with Crippen LogP contribution in [0.15, 0.2) is 0 Å². The minimum atomic E-state index is -0.391. The lowest BCUT2D eigenvalue weighted by atomic mass is 10.0. The number of rotatable bonds is 3. The lowest BCUT2D eigenvalue weighted by Crippen LogP contribution is -2.27. The SMILES string of the molecule is [CH]C(CC)C1COC(C)(CC)O1. The first kappa shape index (κ1) is 10.0. The Balaban J connectivity index is 2.45. The highest BCUT2D eigenvalue weighted by molar-refractivity contribution is 4.79.